The summed E-state index contributed by atoms with van der Waals surface area (Å²) in [6.45, 7) is 10.6. The summed E-state index contributed by atoms with van der Waals surface area (Å²) in [5.41, 5.74) is 1.72. The number of H-pyrrole nitrogens is 1. The van der Waals surface area contributed by atoms with Gasteiger partial charge in [-0.3, -0.25) is 14.7 Å². The van der Waals surface area contributed by atoms with Crippen LogP contribution < -0.4 is 10.6 Å². The smallest absolute Gasteiger partial charge is 0.271 e. The van der Waals surface area contributed by atoms with Crippen LogP contribution in [0.3, 0.4) is 0 Å². The molecular weight excluding hydrogens is 557 g/mol. The minimum Gasteiger partial charge on any atom is -0.390 e. The Hall–Kier alpha value is -3.12. The fraction of sp³-hybridized carbons (Fsp3) is 0.481. The van der Waals surface area contributed by atoms with Crippen molar-refractivity contribution in [1.82, 2.24) is 30.0 Å². The monoisotopic (exact) mass is 589 g/mol. The van der Waals surface area contributed by atoms with Crippen molar-refractivity contribution >= 4 is 51.7 Å². The molecule has 1 aliphatic carbocycles. The van der Waals surface area contributed by atoms with Crippen molar-refractivity contribution in [3.63, 3.8) is 0 Å². The van der Waals surface area contributed by atoms with Gasteiger partial charge in [-0.2, -0.15) is 5.10 Å². The van der Waals surface area contributed by atoms with E-state index in [0.717, 1.165) is 16.5 Å². The number of aliphatic hydroxyl groups is 2. The Morgan fingerprint density at radius 2 is 1.88 bits per heavy atom. The van der Waals surface area contributed by atoms with Crippen molar-refractivity contribution in [2.45, 2.75) is 69.9 Å². The molecule has 2 aromatic heterocycles. The molecule has 2 atom stereocenters. The number of benzene rings is 1. The van der Waals surface area contributed by atoms with Gasteiger partial charge in [0, 0.05) is 29.5 Å². The Morgan fingerprint density at radius 1 is 1.20 bits per heavy atom. The number of rotatable bonds is 7. The quantitative estimate of drug-likeness (QED) is 0.266. The number of carbonyl (C=O) groups is 2. The molecule has 214 valence electrons. The van der Waals surface area contributed by atoms with Crippen LogP contribution in [0.2, 0.25) is 10.2 Å². The molecule has 1 saturated carbocycles. The van der Waals surface area contributed by atoms with Crippen LogP contribution in [-0.4, -0.2) is 78.0 Å². The third-order valence-electron chi connectivity index (χ3n) is 7.57. The summed E-state index contributed by atoms with van der Waals surface area (Å²) in [6.07, 6.45) is -0.135. The number of nitrogens with zero attached hydrogens (tertiary/aromatic N) is 4. The predicted octanol–water partition coefficient (Wildman–Crippen LogP) is 3.16. The van der Waals surface area contributed by atoms with E-state index in [1.54, 1.807) is 9.47 Å². The predicted molar refractivity (Wildman–Crippen MR) is 153 cm³/mol. The summed E-state index contributed by atoms with van der Waals surface area (Å²) < 4.78 is 1.70. The van der Waals surface area contributed by atoms with Crippen molar-refractivity contribution in [3.8, 4) is 0 Å². The molecule has 5 N–H and O–H groups in total. The standard InChI is InChI=1S/C27H33Cl2N7O4/c1-5-22(39)35-11-13(12-35)31-26(40)23-24(29)32-21(36(23)14-6-19(37)20(38)7-14)10-30-25-15-8-16(27(2,3)4)17(28)9-18(15)33-34-25/h5,8-9,13-14,19-20,37-38H,1,6-7,10-12H2,2-4H3,(H,31,40)(H2,30,33,34). The van der Waals surface area contributed by atoms with Crippen molar-refractivity contribution in [3.05, 3.63) is 52.0 Å². The fourth-order valence-electron chi connectivity index (χ4n) is 5.39. The number of carbonyl (C=O) groups excluding carboxylic acids is 2. The maximum Gasteiger partial charge on any atom is 0.271 e. The topological polar surface area (TPSA) is 148 Å². The van der Waals surface area contributed by atoms with Crippen LogP contribution in [0.25, 0.3) is 10.9 Å². The van der Waals surface area contributed by atoms with Gasteiger partial charge in [-0.15, -0.1) is 0 Å². The van der Waals surface area contributed by atoms with Gasteiger partial charge in [0.2, 0.25) is 5.91 Å². The molecule has 1 saturated heterocycles. The van der Waals surface area contributed by atoms with Gasteiger partial charge in [0.25, 0.3) is 5.91 Å². The molecule has 0 radical (unpaired) electrons. The third kappa shape index (κ3) is 5.30. The number of hydrogen-bond acceptors (Lipinski definition) is 7. The average Bonchev–Trinajstić information content (AvgIpc) is 3.52. The van der Waals surface area contributed by atoms with Crippen molar-refractivity contribution in [2.75, 3.05) is 18.4 Å². The molecule has 2 amide bonds. The molecular formula is C27H33Cl2N7O4. The van der Waals surface area contributed by atoms with E-state index in [2.05, 4.69) is 53.2 Å². The molecule has 11 nitrogen and oxygen atoms in total. The number of nitrogens with one attached hydrogen (secondary N) is 3. The lowest BCUT2D eigenvalue weighted by Crippen LogP contribution is -2.60. The highest BCUT2D eigenvalue weighted by Gasteiger charge is 2.38. The van der Waals surface area contributed by atoms with Crippen LogP contribution in [0.5, 0.6) is 0 Å². The van der Waals surface area contributed by atoms with E-state index < -0.39 is 24.2 Å². The van der Waals surface area contributed by atoms with Crippen LogP contribution in [0, 0.1) is 0 Å². The number of aromatic nitrogens is 4. The van der Waals surface area contributed by atoms with E-state index >= 15 is 0 Å². The van der Waals surface area contributed by atoms with Crippen LogP contribution in [0.4, 0.5) is 5.82 Å². The number of anilines is 1. The normalized spacial score (nSPS) is 21.5. The zero-order valence-corrected chi connectivity index (χ0v) is 24.1. The van der Waals surface area contributed by atoms with Crippen molar-refractivity contribution in [1.29, 1.82) is 0 Å². The zero-order chi connectivity index (χ0) is 28.9. The highest BCUT2D eigenvalue weighted by molar-refractivity contribution is 6.32. The first-order valence-electron chi connectivity index (χ1n) is 13.1. The van der Waals surface area contributed by atoms with Gasteiger partial charge in [-0.25, -0.2) is 4.98 Å². The molecule has 3 aromatic rings. The molecule has 13 heteroatoms. The second kappa shape index (κ2) is 10.7. The first-order valence-corrected chi connectivity index (χ1v) is 13.9. The Bertz CT molecular complexity index is 1460. The van der Waals surface area contributed by atoms with E-state index in [1.807, 2.05) is 12.1 Å². The van der Waals surface area contributed by atoms with Crippen LogP contribution >= 0.6 is 23.2 Å². The summed E-state index contributed by atoms with van der Waals surface area (Å²) in [6, 6.07) is 3.22. The molecule has 2 unspecified atom stereocenters. The van der Waals surface area contributed by atoms with Gasteiger partial charge < -0.3 is 30.3 Å². The Morgan fingerprint density at radius 3 is 2.50 bits per heavy atom. The number of aromatic amines is 1. The molecule has 1 aromatic carbocycles. The fourth-order valence-corrected chi connectivity index (χ4v) is 6.11. The van der Waals surface area contributed by atoms with Gasteiger partial charge in [0.1, 0.15) is 11.5 Å². The first-order chi connectivity index (χ1) is 18.9. The van der Waals surface area contributed by atoms with Crippen LogP contribution in [-0.2, 0) is 16.8 Å². The second-order valence-electron chi connectivity index (χ2n) is 11.5. The molecule has 40 heavy (non-hydrogen) atoms. The maximum atomic E-state index is 13.4. The Labute approximate surface area is 241 Å². The number of aliphatic hydroxyl groups excluding tert-OH is 2. The number of hydrogen-bond donors (Lipinski definition) is 5. The summed E-state index contributed by atoms with van der Waals surface area (Å²) in [4.78, 5) is 31.2. The maximum absolute atomic E-state index is 13.4. The lowest BCUT2D eigenvalue weighted by Gasteiger charge is -2.39. The van der Waals surface area contributed by atoms with Crippen LogP contribution in [0.1, 0.15) is 61.5 Å². The number of imidazole rings is 1. The molecule has 0 spiro atoms. The van der Waals surface area contributed by atoms with E-state index in [1.165, 1.54) is 6.08 Å². The second-order valence-corrected chi connectivity index (χ2v) is 12.2. The Balaban J connectivity index is 1.42. The third-order valence-corrected chi connectivity index (χ3v) is 8.14. The molecule has 1 aliphatic heterocycles. The zero-order valence-electron chi connectivity index (χ0n) is 22.5. The number of amides is 2. The number of fused-ring (bicyclic) bond motifs is 1. The minimum atomic E-state index is -0.927. The van der Waals surface area contributed by atoms with Gasteiger partial charge in [0.05, 0.1) is 30.3 Å². The molecule has 3 heterocycles. The Kier molecular flexibility index (Phi) is 7.60. The van der Waals surface area contributed by atoms with E-state index in [4.69, 9.17) is 23.2 Å². The lowest BCUT2D eigenvalue weighted by atomic mass is 9.86. The lowest BCUT2D eigenvalue weighted by molar-refractivity contribution is -0.130. The van der Waals surface area contributed by atoms with Gasteiger partial charge in [-0.1, -0.05) is 50.6 Å². The van der Waals surface area contributed by atoms with Gasteiger partial charge in [0.15, 0.2) is 11.0 Å². The minimum absolute atomic E-state index is 0.0113. The molecule has 0 bridgehead atoms. The summed E-state index contributed by atoms with van der Waals surface area (Å²) in [7, 11) is 0. The summed E-state index contributed by atoms with van der Waals surface area (Å²) in [5, 5.41) is 35.7. The molecule has 5 rings (SSSR count). The van der Waals surface area contributed by atoms with Crippen molar-refractivity contribution in [2.24, 2.45) is 0 Å². The van der Waals surface area contributed by atoms with E-state index in [0.29, 0.717) is 29.8 Å². The van der Waals surface area contributed by atoms with E-state index in [-0.39, 0.29) is 47.6 Å². The largest absolute Gasteiger partial charge is 0.390 e. The first kappa shape index (κ1) is 28.4. The molecule has 2 fully saturated rings. The highest BCUT2D eigenvalue weighted by atomic mass is 35.5. The highest BCUT2D eigenvalue weighted by Crippen LogP contribution is 2.37. The van der Waals surface area contributed by atoms with Crippen molar-refractivity contribution < 1.29 is 19.8 Å². The molecule has 2 aliphatic rings. The van der Waals surface area contributed by atoms with Gasteiger partial charge in [-0.05, 0) is 42.0 Å². The average molecular weight is 591 g/mol. The van der Waals surface area contributed by atoms with Gasteiger partial charge >= 0.3 is 0 Å². The number of likely N-dealkylation sites (tertiary alicyclic amines) is 1. The van der Waals surface area contributed by atoms with Crippen LogP contribution in [0.15, 0.2) is 24.8 Å². The summed E-state index contributed by atoms with van der Waals surface area (Å²) in [5.74, 6) is 0.408. The van der Waals surface area contributed by atoms with E-state index in [9.17, 15) is 19.8 Å². The number of halogens is 2. The SMILES string of the molecule is C=CC(=O)N1CC(NC(=O)c2c(Cl)nc(CNc3n[nH]c4cc(Cl)c(C(C)(C)C)cc34)n2C2CC(O)C(O)C2)C1. The summed E-state index contributed by atoms with van der Waals surface area (Å²) >= 11 is 13.0.